The topological polar surface area (TPSA) is 98.8 Å². The summed E-state index contributed by atoms with van der Waals surface area (Å²) >= 11 is 1.44. The van der Waals surface area contributed by atoms with Crippen LogP contribution in [0.25, 0.3) is 0 Å². The summed E-state index contributed by atoms with van der Waals surface area (Å²) < 4.78 is 2.28. The highest BCUT2D eigenvalue weighted by atomic mass is 32.2. The molecular weight excluding hydrogens is 340 g/mol. The van der Waals surface area contributed by atoms with Gasteiger partial charge in [-0.15, -0.1) is 10.2 Å². The number of hydrogen-bond donors (Lipinski definition) is 1. The van der Waals surface area contributed by atoms with Crippen molar-refractivity contribution in [1.82, 2.24) is 25.1 Å². The molecule has 4 rings (SSSR count). The van der Waals surface area contributed by atoms with E-state index >= 15 is 0 Å². The number of aromatic nitrogens is 4. The number of nitrogens with one attached hydrogen (secondary N) is 1. The van der Waals surface area contributed by atoms with Crippen LogP contribution in [0.5, 0.6) is 0 Å². The predicted octanol–water partition coefficient (Wildman–Crippen LogP) is 2.84. The molecule has 0 unspecified atom stereocenters. The van der Waals surface area contributed by atoms with Crippen molar-refractivity contribution in [1.29, 1.82) is 0 Å². The predicted molar refractivity (Wildman–Crippen MR) is 92.9 cm³/mol. The Morgan fingerprint density at radius 1 is 1.28 bits per heavy atom. The van der Waals surface area contributed by atoms with E-state index < -0.39 is 4.92 Å². The fourth-order valence-corrected chi connectivity index (χ4v) is 4.21. The molecule has 2 aliphatic rings. The summed E-state index contributed by atoms with van der Waals surface area (Å²) in [4.78, 5) is 14.8. The Morgan fingerprint density at radius 2 is 2.04 bits per heavy atom. The van der Waals surface area contributed by atoms with Gasteiger partial charge in [0.05, 0.1) is 4.92 Å². The van der Waals surface area contributed by atoms with E-state index in [1.54, 1.807) is 13.0 Å². The van der Waals surface area contributed by atoms with E-state index in [0.29, 0.717) is 22.5 Å². The Bertz CT molecular complexity index is 798. The van der Waals surface area contributed by atoms with E-state index in [9.17, 15) is 10.1 Å². The lowest BCUT2D eigenvalue weighted by molar-refractivity contribution is -0.385. The average molecular weight is 360 g/mol. The van der Waals surface area contributed by atoms with Gasteiger partial charge >= 0.3 is 0 Å². The highest BCUT2D eigenvalue weighted by Gasteiger charge is 2.33. The molecule has 1 aliphatic heterocycles. The Morgan fingerprint density at radius 3 is 2.68 bits per heavy atom. The van der Waals surface area contributed by atoms with Gasteiger partial charge < -0.3 is 9.88 Å². The molecule has 1 saturated heterocycles. The third kappa shape index (κ3) is 3.38. The maximum absolute atomic E-state index is 10.9. The zero-order valence-corrected chi connectivity index (χ0v) is 14.8. The Kier molecular flexibility index (Phi) is 4.43. The SMILES string of the molecule is Cc1cc(Sc2nnc(C3CCNCC3)n2C2CC2)ncc1[N+](=O)[O-]. The first-order chi connectivity index (χ1) is 12.1. The van der Waals surface area contributed by atoms with Crippen LogP contribution in [0.15, 0.2) is 22.4 Å². The highest BCUT2D eigenvalue weighted by Crippen LogP contribution is 2.42. The second-order valence-corrected chi connectivity index (χ2v) is 7.62. The molecule has 25 heavy (non-hydrogen) atoms. The summed E-state index contributed by atoms with van der Waals surface area (Å²) in [7, 11) is 0. The summed E-state index contributed by atoms with van der Waals surface area (Å²) in [5.41, 5.74) is 0.655. The maximum atomic E-state index is 10.9. The van der Waals surface area contributed by atoms with E-state index in [-0.39, 0.29) is 5.69 Å². The lowest BCUT2D eigenvalue weighted by Crippen LogP contribution is -2.28. The van der Waals surface area contributed by atoms with Gasteiger partial charge in [0.15, 0.2) is 5.16 Å². The smallest absolute Gasteiger partial charge is 0.290 e. The van der Waals surface area contributed by atoms with E-state index in [4.69, 9.17) is 0 Å². The second-order valence-electron chi connectivity index (χ2n) is 6.63. The zero-order valence-electron chi connectivity index (χ0n) is 14.0. The van der Waals surface area contributed by atoms with E-state index in [1.165, 1.54) is 18.0 Å². The fraction of sp³-hybridized carbons (Fsp3) is 0.562. The van der Waals surface area contributed by atoms with Gasteiger partial charge in [0.1, 0.15) is 17.0 Å². The van der Waals surface area contributed by atoms with E-state index in [0.717, 1.165) is 49.8 Å². The summed E-state index contributed by atoms with van der Waals surface area (Å²) in [6.07, 6.45) is 5.82. The van der Waals surface area contributed by atoms with Gasteiger partial charge in [0.2, 0.25) is 0 Å². The third-order valence-electron chi connectivity index (χ3n) is 4.76. The lowest BCUT2D eigenvalue weighted by Gasteiger charge is -2.22. The number of hydrogen-bond acceptors (Lipinski definition) is 7. The van der Waals surface area contributed by atoms with Crippen LogP contribution < -0.4 is 5.32 Å². The van der Waals surface area contributed by atoms with Crippen LogP contribution in [-0.4, -0.2) is 37.8 Å². The fourth-order valence-electron chi connectivity index (χ4n) is 3.26. The molecule has 8 nitrogen and oxygen atoms in total. The minimum Gasteiger partial charge on any atom is -0.317 e. The van der Waals surface area contributed by atoms with Gasteiger partial charge in [-0.25, -0.2) is 4.98 Å². The molecule has 0 aromatic carbocycles. The zero-order chi connectivity index (χ0) is 17.4. The number of nitro groups is 1. The number of rotatable bonds is 5. The van der Waals surface area contributed by atoms with Crippen LogP contribution in [-0.2, 0) is 0 Å². The lowest BCUT2D eigenvalue weighted by atomic mass is 9.97. The molecule has 1 aliphatic carbocycles. The van der Waals surface area contributed by atoms with Crippen molar-refractivity contribution in [2.45, 2.75) is 54.7 Å². The first-order valence-corrected chi connectivity index (χ1v) is 9.39. The van der Waals surface area contributed by atoms with Crippen LogP contribution in [0.4, 0.5) is 5.69 Å². The summed E-state index contributed by atoms with van der Waals surface area (Å²) in [5, 5.41) is 24.8. The van der Waals surface area contributed by atoms with Gasteiger partial charge in [-0.2, -0.15) is 0 Å². The molecule has 2 aromatic rings. The van der Waals surface area contributed by atoms with Crippen LogP contribution in [0.2, 0.25) is 0 Å². The molecule has 3 heterocycles. The standard InChI is InChI=1S/C16H20N6O2S/c1-10-8-14(18-9-13(10)22(23)24)25-16-20-19-15(21(16)12-2-3-12)11-4-6-17-7-5-11/h8-9,11-12,17H,2-7H2,1H3. The van der Waals surface area contributed by atoms with Crippen LogP contribution in [0.1, 0.15) is 49.0 Å². The van der Waals surface area contributed by atoms with Gasteiger partial charge in [-0.3, -0.25) is 10.1 Å². The number of pyridine rings is 1. The van der Waals surface area contributed by atoms with Gasteiger partial charge in [-0.05, 0) is 63.5 Å². The van der Waals surface area contributed by atoms with Crippen LogP contribution >= 0.6 is 11.8 Å². The summed E-state index contributed by atoms with van der Waals surface area (Å²) in [6.45, 7) is 3.78. The number of nitrogens with zero attached hydrogens (tertiary/aromatic N) is 5. The van der Waals surface area contributed by atoms with Crippen molar-refractivity contribution in [2.75, 3.05) is 13.1 Å². The first kappa shape index (κ1) is 16.5. The second kappa shape index (κ2) is 6.72. The largest absolute Gasteiger partial charge is 0.317 e. The van der Waals surface area contributed by atoms with Crippen molar-refractivity contribution < 1.29 is 4.92 Å². The Hall–Kier alpha value is -2.00. The minimum atomic E-state index is -0.404. The molecule has 0 bridgehead atoms. The molecule has 0 radical (unpaired) electrons. The third-order valence-corrected chi connectivity index (χ3v) is 5.65. The number of piperidine rings is 1. The van der Waals surface area contributed by atoms with Crippen molar-refractivity contribution in [3.8, 4) is 0 Å². The molecule has 0 spiro atoms. The van der Waals surface area contributed by atoms with Crippen molar-refractivity contribution in [2.24, 2.45) is 0 Å². The Labute approximate surface area is 149 Å². The molecule has 0 atom stereocenters. The molecular formula is C16H20N6O2S. The van der Waals surface area contributed by atoms with Gasteiger partial charge in [0, 0.05) is 17.5 Å². The van der Waals surface area contributed by atoms with Crippen molar-refractivity contribution >= 4 is 17.4 Å². The Balaban J connectivity index is 1.61. The molecule has 2 aromatic heterocycles. The van der Waals surface area contributed by atoms with Crippen molar-refractivity contribution in [3.63, 3.8) is 0 Å². The molecule has 0 amide bonds. The average Bonchev–Trinajstić information content (AvgIpc) is 3.36. The van der Waals surface area contributed by atoms with Crippen molar-refractivity contribution in [3.05, 3.63) is 33.8 Å². The minimum absolute atomic E-state index is 0.0448. The van der Waals surface area contributed by atoms with Gasteiger partial charge in [-0.1, -0.05) is 0 Å². The molecule has 1 saturated carbocycles. The van der Waals surface area contributed by atoms with E-state index in [1.807, 2.05) is 0 Å². The van der Waals surface area contributed by atoms with Crippen LogP contribution in [0.3, 0.4) is 0 Å². The molecule has 9 heteroatoms. The molecule has 2 fully saturated rings. The summed E-state index contributed by atoms with van der Waals surface area (Å²) in [6, 6.07) is 2.24. The normalized spacial score (nSPS) is 18.4. The first-order valence-electron chi connectivity index (χ1n) is 8.58. The van der Waals surface area contributed by atoms with E-state index in [2.05, 4.69) is 25.1 Å². The van der Waals surface area contributed by atoms with Gasteiger partial charge in [0.25, 0.3) is 5.69 Å². The van der Waals surface area contributed by atoms with Crippen LogP contribution in [0, 0.1) is 17.0 Å². The summed E-state index contributed by atoms with van der Waals surface area (Å²) in [5.74, 6) is 1.54. The highest BCUT2D eigenvalue weighted by molar-refractivity contribution is 7.99. The molecule has 132 valence electrons. The monoisotopic (exact) mass is 360 g/mol. The number of aryl methyl sites for hydroxylation is 1. The molecule has 1 N–H and O–H groups in total. The quantitative estimate of drug-likeness (QED) is 0.646. The maximum Gasteiger partial charge on any atom is 0.290 e.